The van der Waals surface area contributed by atoms with E-state index in [1.807, 2.05) is 0 Å². The number of carbonyl (C=O) groups is 2. The van der Waals surface area contributed by atoms with Crippen molar-refractivity contribution < 1.29 is 27.3 Å². The van der Waals surface area contributed by atoms with Crippen molar-refractivity contribution in [3.05, 3.63) is 24.3 Å². The summed E-state index contributed by atoms with van der Waals surface area (Å²) < 4.78 is 37.6. The summed E-state index contributed by atoms with van der Waals surface area (Å²) in [6.07, 6.45) is 9.99. The summed E-state index contributed by atoms with van der Waals surface area (Å²) >= 11 is 0. The third kappa shape index (κ3) is 12.3. The van der Waals surface area contributed by atoms with Crippen molar-refractivity contribution >= 4 is 22.0 Å². The smallest absolute Gasteiger partial charge is 0.311 e. The molecule has 0 heterocycles. The molecule has 29 heavy (non-hydrogen) atoms. The predicted molar refractivity (Wildman–Crippen MR) is 110 cm³/mol. The van der Waals surface area contributed by atoms with Crippen LogP contribution >= 0.6 is 0 Å². The Balaban J connectivity index is 2.05. The van der Waals surface area contributed by atoms with E-state index in [4.69, 9.17) is 4.74 Å². The van der Waals surface area contributed by atoms with Crippen molar-refractivity contribution in [1.82, 2.24) is 5.32 Å². The second-order valence-corrected chi connectivity index (χ2v) is 8.46. The molecule has 0 fully saturated rings. The van der Waals surface area contributed by atoms with Gasteiger partial charge in [-0.05, 0) is 43.5 Å². The van der Waals surface area contributed by atoms with Gasteiger partial charge in [0.25, 0.3) is 0 Å². The fourth-order valence-corrected chi connectivity index (χ4v) is 3.28. The molecule has 1 aromatic carbocycles. The fraction of sp³-hybridized carbons (Fsp3) is 0.619. The normalized spacial score (nSPS) is 11.2. The van der Waals surface area contributed by atoms with Crippen LogP contribution in [0.1, 0.15) is 77.6 Å². The van der Waals surface area contributed by atoms with Crippen molar-refractivity contribution in [2.24, 2.45) is 0 Å². The summed E-state index contributed by atoms with van der Waals surface area (Å²) in [5, 5.41) is 2.90. The number of hydrogen-bond donors (Lipinski definition) is 1. The van der Waals surface area contributed by atoms with Crippen LogP contribution in [0.15, 0.2) is 29.2 Å². The van der Waals surface area contributed by atoms with Gasteiger partial charge in [-0.2, -0.15) is 0 Å². The molecule has 1 amide bonds. The number of ether oxygens (including phenoxy) is 1. The van der Waals surface area contributed by atoms with Gasteiger partial charge in [0.1, 0.15) is 15.9 Å². The first-order valence-electron chi connectivity index (χ1n) is 10.4. The molecule has 0 aliphatic heterocycles. The maximum absolute atomic E-state index is 11.8. The van der Waals surface area contributed by atoms with E-state index in [2.05, 4.69) is 12.2 Å². The number of benzene rings is 1. The van der Waals surface area contributed by atoms with Gasteiger partial charge in [0.2, 0.25) is 5.91 Å². The molecule has 1 N–H and O–H groups in total. The topological polar surface area (TPSA) is 113 Å². The van der Waals surface area contributed by atoms with E-state index in [1.54, 1.807) is 0 Å². The predicted octanol–water partition coefficient (Wildman–Crippen LogP) is 3.92. The summed E-state index contributed by atoms with van der Waals surface area (Å²) in [5.74, 6) is -0.136. The minimum atomic E-state index is -4.51. The van der Waals surface area contributed by atoms with Crippen molar-refractivity contribution in [2.75, 3.05) is 6.54 Å². The van der Waals surface area contributed by atoms with Crippen LogP contribution in [-0.2, 0) is 19.7 Å². The number of amides is 1. The highest BCUT2D eigenvalue weighted by atomic mass is 32.2. The highest BCUT2D eigenvalue weighted by Crippen LogP contribution is 2.16. The van der Waals surface area contributed by atoms with E-state index in [0.717, 1.165) is 37.8 Å². The molecule has 0 spiro atoms. The Hall–Kier alpha value is -1.93. The Labute approximate surface area is 174 Å². The number of unbranched alkanes of at least 4 members (excludes halogenated alkanes) is 7. The first-order chi connectivity index (χ1) is 13.8. The fourth-order valence-electron chi connectivity index (χ4n) is 2.81. The lowest BCUT2D eigenvalue weighted by molar-refractivity contribution is -0.134. The van der Waals surface area contributed by atoms with Gasteiger partial charge in [-0.25, -0.2) is 8.42 Å². The lowest BCUT2D eigenvalue weighted by Crippen LogP contribution is -2.24. The van der Waals surface area contributed by atoms with Crippen molar-refractivity contribution in [1.29, 1.82) is 0 Å². The van der Waals surface area contributed by atoms with Crippen molar-refractivity contribution in [2.45, 2.75) is 82.4 Å². The molecular weight excluding hydrogens is 394 g/mol. The van der Waals surface area contributed by atoms with E-state index in [9.17, 15) is 22.6 Å². The van der Waals surface area contributed by atoms with E-state index in [0.29, 0.717) is 19.4 Å². The number of rotatable bonds is 15. The van der Waals surface area contributed by atoms with Gasteiger partial charge in [0, 0.05) is 19.4 Å². The zero-order valence-corrected chi connectivity index (χ0v) is 18.0. The third-order valence-electron chi connectivity index (χ3n) is 4.48. The van der Waals surface area contributed by atoms with Crippen LogP contribution in [0.5, 0.6) is 5.75 Å². The van der Waals surface area contributed by atoms with Gasteiger partial charge in [-0.15, -0.1) is 0 Å². The molecule has 1 rings (SSSR count). The average Bonchev–Trinajstić information content (AvgIpc) is 2.67. The number of esters is 1. The first kappa shape index (κ1) is 25.1. The summed E-state index contributed by atoms with van der Waals surface area (Å²) in [5.41, 5.74) is 0. The van der Waals surface area contributed by atoms with Gasteiger partial charge in [-0.3, -0.25) is 9.59 Å². The Morgan fingerprint density at radius 2 is 1.48 bits per heavy atom. The molecule has 0 saturated carbocycles. The summed E-state index contributed by atoms with van der Waals surface area (Å²) in [4.78, 5) is 23.1. The molecule has 0 aliphatic rings. The molecule has 0 aromatic heterocycles. The van der Waals surface area contributed by atoms with Gasteiger partial charge in [0.15, 0.2) is 0 Å². The lowest BCUT2D eigenvalue weighted by Gasteiger charge is -2.08. The molecule has 7 nitrogen and oxygen atoms in total. The SMILES string of the molecule is CCCCCCCCC(=O)NCCCCCC(=O)Oc1ccc(S(=O)(=O)[O-])cc1. The maximum Gasteiger partial charge on any atom is 0.311 e. The summed E-state index contributed by atoms with van der Waals surface area (Å²) in [7, 11) is -4.51. The van der Waals surface area contributed by atoms with Gasteiger partial charge < -0.3 is 14.6 Å². The molecule has 1 aromatic rings. The van der Waals surface area contributed by atoms with Gasteiger partial charge in [-0.1, -0.05) is 45.4 Å². The van der Waals surface area contributed by atoms with E-state index < -0.39 is 16.1 Å². The highest BCUT2D eigenvalue weighted by Gasteiger charge is 2.07. The quantitative estimate of drug-likeness (QED) is 0.197. The van der Waals surface area contributed by atoms with E-state index >= 15 is 0 Å². The average molecular weight is 427 g/mol. The molecule has 0 atom stereocenters. The van der Waals surface area contributed by atoms with Crippen LogP contribution < -0.4 is 10.1 Å². The molecular formula is C21H32NO6S-. The van der Waals surface area contributed by atoms with E-state index in [1.165, 1.54) is 37.8 Å². The van der Waals surface area contributed by atoms with E-state index in [-0.39, 0.29) is 23.0 Å². The largest absolute Gasteiger partial charge is 0.744 e. The Kier molecular flexibility index (Phi) is 12.2. The Bertz CT molecular complexity index is 715. The molecule has 8 heteroatoms. The standard InChI is InChI=1S/C21H33NO6S/c1-2-3-4-5-6-8-11-20(23)22-17-10-7-9-12-21(24)28-18-13-15-19(16-14-18)29(25,26)27/h13-16H,2-12,17H2,1H3,(H,22,23)(H,25,26,27)/p-1. The minimum absolute atomic E-state index is 0.0865. The number of hydrogen-bond acceptors (Lipinski definition) is 6. The second-order valence-electron chi connectivity index (χ2n) is 7.08. The molecule has 0 unspecified atom stereocenters. The van der Waals surface area contributed by atoms with Crippen LogP contribution in [0.3, 0.4) is 0 Å². The molecule has 0 radical (unpaired) electrons. The van der Waals surface area contributed by atoms with Gasteiger partial charge in [0.05, 0.1) is 4.90 Å². The second kappa shape index (κ2) is 14.1. The van der Waals surface area contributed by atoms with Crippen LogP contribution in [0, 0.1) is 0 Å². The highest BCUT2D eigenvalue weighted by molar-refractivity contribution is 7.85. The first-order valence-corrected chi connectivity index (χ1v) is 11.8. The Morgan fingerprint density at radius 1 is 0.897 bits per heavy atom. The summed E-state index contributed by atoms with van der Waals surface area (Å²) in [6, 6.07) is 4.78. The summed E-state index contributed by atoms with van der Waals surface area (Å²) in [6.45, 7) is 2.79. The van der Waals surface area contributed by atoms with Gasteiger partial charge >= 0.3 is 5.97 Å². The molecule has 0 aliphatic carbocycles. The molecule has 164 valence electrons. The minimum Gasteiger partial charge on any atom is -0.744 e. The number of carbonyl (C=O) groups excluding carboxylic acids is 2. The number of nitrogens with one attached hydrogen (secondary N) is 1. The zero-order valence-electron chi connectivity index (χ0n) is 17.2. The monoisotopic (exact) mass is 426 g/mol. The lowest BCUT2D eigenvalue weighted by atomic mass is 10.1. The third-order valence-corrected chi connectivity index (χ3v) is 5.33. The van der Waals surface area contributed by atoms with Crippen LogP contribution in [0.25, 0.3) is 0 Å². The zero-order chi connectivity index (χ0) is 21.5. The Morgan fingerprint density at radius 3 is 2.14 bits per heavy atom. The van der Waals surface area contributed by atoms with Crippen molar-refractivity contribution in [3.63, 3.8) is 0 Å². The van der Waals surface area contributed by atoms with Crippen molar-refractivity contribution in [3.8, 4) is 5.75 Å². The molecule has 0 saturated heterocycles. The van der Waals surface area contributed by atoms with Crippen LogP contribution in [0.4, 0.5) is 0 Å². The maximum atomic E-state index is 11.8. The molecule has 0 bridgehead atoms. The van der Waals surface area contributed by atoms with Crippen LogP contribution in [-0.4, -0.2) is 31.4 Å². The van der Waals surface area contributed by atoms with Crippen LogP contribution in [0.2, 0.25) is 0 Å².